The second-order valence-corrected chi connectivity index (χ2v) is 4.50. The number of Topliss-reactive ketones (excluding diaryl/α,β-unsaturated/α-hetero) is 3. The van der Waals surface area contributed by atoms with E-state index in [1.165, 1.54) is 20.8 Å². The quantitative estimate of drug-likeness (QED) is 0.700. The molecule has 86 valence electrons. The Morgan fingerprint density at radius 1 is 0.867 bits per heavy atom. The highest BCUT2D eigenvalue weighted by atomic mass is 16.1. The minimum atomic E-state index is -0.877. The van der Waals surface area contributed by atoms with Crippen LogP contribution in [-0.2, 0) is 14.4 Å². The van der Waals surface area contributed by atoms with Crippen LogP contribution in [-0.4, -0.2) is 17.3 Å². The molecule has 3 nitrogen and oxygen atoms in total. The van der Waals surface area contributed by atoms with E-state index in [1.54, 1.807) is 20.8 Å². The molecule has 2 atom stereocenters. The summed E-state index contributed by atoms with van der Waals surface area (Å²) in [5.74, 6) is -1.06. The number of rotatable bonds is 5. The SMILES string of the molecule is CC(=O)C(C)C(C)(C(C)=O)C(C)C(C)=O. The zero-order valence-electron chi connectivity index (χ0n) is 10.4. The van der Waals surface area contributed by atoms with Gasteiger partial charge < -0.3 is 0 Å². The molecule has 0 bridgehead atoms. The van der Waals surface area contributed by atoms with E-state index in [0.29, 0.717) is 0 Å². The second kappa shape index (κ2) is 4.69. The largest absolute Gasteiger partial charge is 0.300 e. The molecule has 0 aliphatic heterocycles. The molecule has 0 saturated carbocycles. The summed E-state index contributed by atoms with van der Waals surface area (Å²) in [4.78, 5) is 34.4. The summed E-state index contributed by atoms with van der Waals surface area (Å²) in [7, 11) is 0. The Kier molecular flexibility index (Phi) is 4.38. The van der Waals surface area contributed by atoms with E-state index >= 15 is 0 Å². The van der Waals surface area contributed by atoms with Crippen LogP contribution in [0.4, 0.5) is 0 Å². The Morgan fingerprint density at radius 2 is 1.13 bits per heavy atom. The molecule has 0 aromatic heterocycles. The number of ketones is 3. The fourth-order valence-electron chi connectivity index (χ4n) is 1.83. The molecular weight excluding hydrogens is 192 g/mol. The molecule has 0 rings (SSSR count). The number of carbonyl (C=O) groups excluding carboxylic acids is 3. The highest BCUT2D eigenvalue weighted by molar-refractivity contribution is 5.94. The third-order valence-corrected chi connectivity index (χ3v) is 3.78. The molecule has 0 N–H and O–H groups in total. The van der Waals surface area contributed by atoms with Crippen molar-refractivity contribution in [2.24, 2.45) is 17.3 Å². The fourth-order valence-corrected chi connectivity index (χ4v) is 1.83. The Labute approximate surface area is 91.2 Å². The monoisotopic (exact) mass is 212 g/mol. The van der Waals surface area contributed by atoms with Crippen molar-refractivity contribution in [2.75, 3.05) is 0 Å². The zero-order chi connectivity index (χ0) is 12.4. The lowest BCUT2D eigenvalue weighted by atomic mass is 9.64. The van der Waals surface area contributed by atoms with Crippen molar-refractivity contribution >= 4 is 17.3 Å². The molecule has 0 amide bonds. The van der Waals surface area contributed by atoms with Crippen LogP contribution in [0.2, 0.25) is 0 Å². The van der Waals surface area contributed by atoms with Gasteiger partial charge in [0.05, 0.1) is 0 Å². The maximum absolute atomic E-state index is 11.7. The molecule has 0 aromatic carbocycles. The van der Waals surface area contributed by atoms with Crippen molar-refractivity contribution in [3.05, 3.63) is 0 Å². The summed E-state index contributed by atoms with van der Waals surface area (Å²) >= 11 is 0. The van der Waals surface area contributed by atoms with Gasteiger partial charge in [0, 0.05) is 17.3 Å². The van der Waals surface area contributed by atoms with Crippen molar-refractivity contribution in [3.63, 3.8) is 0 Å². The molecule has 15 heavy (non-hydrogen) atoms. The van der Waals surface area contributed by atoms with Gasteiger partial charge in [0.2, 0.25) is 0 Å². The maximum atomic E-state index is 11.7. The van der Waals surface area contributed by atoms with Gasteiger partial charge in [-0.3, -0.25) is 14.4 Å². The van der Waals surface area contributed by atoms with Crippen LogP contribution in [0.5, 0.6) is 0 Å². The molecule has 0 heterocycles. The van der Waals surface area contributed by atoms with Gasteiger partial charge in [-0.05, 0) is 20.8 Å². The Hall–Kier alpha value is -0.990. The first-order valence-electron chi connectivity index (χ1n) is 5.17. The van der Waals surface area contributed by atoms with E-state index in [1.807, 2.05) is 0 Å². The van der Waals surface area contributed by atoms with Crippen LogP contribution in [0.3, 0.4) is 0 Å². The lowest BCUT2D eigenvalue weighted by molar-refractivity contribution is -0.143. The summed E-state index contributed by atoms with van der Waals surface area (Å²) in [6.45, 7) is 9.48. The molecule has 0 radical (unpaired) electrons. The van der Waals surface area contributed by atoms with Gasteiger partial charge in [-0.1, -0.05) is 20.8 Å². The predicted molar refractivity (Wildman–Crippen MR) is 58.5 cm³/mol. The Bertz CT molecular complexity index is 271. The lowest BCUT2D eigenvalue weighted by Gasteiger charge is -2.36. The highest BCUT2D eigenvalue weighted by Gasteiger charge is 2.44. The molecule has 0 aliphatic carbocycles. The molecule has 0 spiro atoms. The first-order valence-corrected chi connectivity index (χ1v) is 5.17. The molecule has 0 saturated heterocycles. The zero-order valence-corrected chi connectivity index (χ0v) is 10.4. The maximum Gasteiger partial charge on any atom is 0.137 e. The normalized spacial score (nSPS) is 18.8. The third-order valence-electron chi connectivity index (χ3n) is 3.78. The highest BCUT2D eigenvalue weighted by Crippen LogP contribution is 2.37. The fraction of sp³-hybridized carbons (Fsp3) is 0.750. The Morgan fingerprint density at radius 3 is 1.27 bits per heavy atom. The predicted octanol–water partition coefficient (Wildman–Crippen LogP) is 2.03. The molecule has 0 aromatic rings. The van der Waals surface area contributed by atoms with Crippen molar-refractivity contribution < 1.29 is 14.4 Å². The van der Waals surface area contributed by atoms with Crippen LogP contribution in [0.15, 0.2) is 0 Å². The van der Waals surface area contributed by atoms with Crippen molar-refractivity contribution in [3.8, 4) is 0 Å². The minimum absolute atomic E-state index is 0.0548. The first-order chi connectivity index (χ1) is 6.65. The summed E-state index contributed by atoms with van der Waals surface area (Å²) in [5, 5.41) is 0. The topological polar surface area (TPSA) is 51.2 Å². The van der Waals surface area contributed by atoms with Gasteiger partial charge in [0.15, 0.2) is 0 Å². The second-order valence-electron chi connectivity index (χ2n) is 4.50. The molecule has 0 fully saturated rings. The average Bonchev–Trinajstić information content (AvgIpc) is 2.13. The minimum Gasteiger partial charge on any atom is -0.300 e. The van der Waals surface area contributed by atoms with Crippen LogP contribution in [0, 0.1) is 17.3 Å². The number of hydrogen-bond acceptors (Lipinski definition) is 3. The van der Waals surface area contributed by atoms with Gasteiger partial charge in [-0.25, -0.2) is 0 Å². The number of hydrogen-bond donors (Lipinski definition) is 0. The van der Waals surface area contributed by atoms with Crippen molar-refractivity contribution in [1.29, 1.82) is 0 Å². The summed E-state index contributed by atoms with van der Waals surface area (Å²) in [6.07, 6.45) is 0. The van der Waals surface area contributed by atoms with Gasteiger partial charge in [0.1, 0.15) is 17.3 Å². The summed E-state index contributed by atoms with van der Waals surface area (Å²) in [5.41, 5.74) is -0.877. The average molecular weight is 212 g/mol. The Balaban J connectivity index is 5.33. The van der Waals surface area contributed by atoms with E-state index in [-0.39, 0.29) is 17.3 Å². The van der Waals surface area contributed by atoms with Crippen LogP contribution in [0.1, 0.15) is 41.5 Å². The number of carbonyl (C=O) groups is 3. The third kappa shape index (κ3) is 2.52. The van der Waals surface area contributed by atoms with Gasteiger partial charge in [-0.2, -0.15) is 0 Å². The van der Waals surface area contributed by atoms with Gasteiger partial charge in [-0.15, -0.1) is 0 Å². The lowest BCUT2D eigenvalue weighted by Crippen LogP contribution is -2.44. The molecule has 0 aliphatic rings. The van der Waals surface area contributed by atoms with E-state index in [4.69, 9.17) is 0 Å². The molecular formula is C12H20O3. The van der Waals surface area contributed by atoms with Crippen molar-refractivity contribution in [1.82, 2.24) is 0 Å². The smallest absolute Gasteiger partial charge is 0.137 e. The van der Waals surface area contributed by atoms with E-state index in [2.05, 4.69) is 0 Å². The van der Waals surface area contributed by atoms with Crippen molar-refractivity contribution in [2.45, 2.75) is 41.5 Å². The van der Waals surface area contributed by atoms with Crippen LogP contribution < -0.4 is 0 Å². The van der Waals surface area contributed by atoms with Crippen LogP contribution >= 0.6 is 0 Å². The summed E-state index contributed by atoms with van der Waals surface area (Å²) < 4.78 is 0. The standard InChI is InChI=1S/C12H20O3/c1-7(9(3)13)12(6,11(5)15)8(2)10(4)14/h7-8H,1-6H3. The molecule has 2 unspecified atom stereocenters. The van der Waals surface area contributed by atoms with E-state index in [0.717, 1.165) is 0 Å². The van der Waals surface area contributed by atoms with Gasteiger partial charge in [0.25, 0.3) is 0 Å². The van der Waals surface area contributed by atoms with Gasteiger partial charge >= 0.3 is 0 Å². The first kappa shape index (κ1) is 14.0. The van der Waals surface area contributed by atoms with Crippen LogP contribution in [0.25, 0.3) is 0 Å². The van der Waals surface area contributed by atoms with E-state index in [9.17, 15) is 14.4 Å². The van der Waals surface area contributed by atoms with E-state index < -0.39 is 17.3 Å². The summed E-state index contributed by atoms with van der Waals surface area (Å²) in [6, 6.07) is 0. The molecule has 3 heteroatoms.